The minimum atomic E-state index is -0.487. The van der Waals surface area contributed by atoms with Gasteiger partial charge in [-0.15, -0.1) is 0 Å². The van der Waals surface area contributed by atoms with Crippen molar-refractivity contribution < 1.29 is 9.53 Å². The van der Waals surface area contributed by atoms with Gasteiger partial charge in [0.05, 0.1) is 0 Å². The van der Waals surface area contributed by atoms with Crippen LogP contribution in [0.1, 0.15) is 18.9 Å². The predicted molar refractivity (Wildman–Crippen MR) is 102 cm³/mol. The van der Waals surface area contributed by atoms with E-state index in [1.54, 1.807) is 4.90 Å². The van der Waals surface area contributed by atoms with Crippen LogP contribution in [0.4, 0.5) is 0 Å². The van der Waals surface area contributed by atoms with Crippen molar-refractivity contribution in [2.75, 3.05) is 7.05 Å². The highest BCUT2D eigenvalue weighted by Crippen LogP contribution is 2.27. The molecule has 0 bridgehead atoms. The SMILES string of the molecule is CCC(Oc1cccc2ccccc12)C(=O)N(C)Cc1ccccc1. The van der Waals surface area contributed by atoms with E-state index in [0.717, 1.165) is 22.1 Å². The third-order valence-electron chi connectivity index (χ3n) is 4.30. The fraction of sp³-hybridized carbons (Fsp3) is 0.227. The van der Waals surface area contributed by atoms with Gasteiger partial charge in [-0.3, -0.25) is 4.79 Å². The van der Waals surface area contributed by atoms with Crippen LogP contribution in [0.5, 0.6) is 5.75 Å². The molecule has 25 heavy (non-hydrogen) atoms. The summed E-state index contributed by atoms with van der Waals surface area (Å²) < 4.78 is 6.11. The number of rotatable bonds is 6. The maximum atomic E-state index is 12.8. The highest BCUT2D eigenvalue weighted by atomic mass is 16.5. The Balaban J connectivity index is 1.76. The molecule has 0 saturated carbocycles. The Morgan fingerprint density at radius 3 is 2.40 bits per heavy atom. The fourth-order valence-corrected chi connectivity index (χ4v) is 2.94. The van der Waals surface area contributed by atoms with Crippen molar-refractivity contribution in [1.29, 1.82) is 0 Å². The van der Waals surface area contributed by atoms with Gasteiger partial charge in [0, 0.05) is 19.0 Å². The number of ether oxygens (including phenoxy) is 1. The van der Waals surface area contributed by atoms with Crippen molar-refractivity contribution in [1.82, 2.24) is 4.90 Å². The van der Waals surface area contributed by atoms with Crippen molar-refractivity contribution >= 4 is 16.7 Å². The van der Waals surface area contributed by atoms with Crippen molar-refractivity contribution in [3.8, 4) is 5.75 Å². The van der Waals surface area contributed by atoms with E-state index in [9.17, 15) is 4.79 Å². The van der Waals surface area contributed by atoms with Gasteiger partial charge in [0.2, 0.25) is 0 Å². The summed E-state index contributed by atoms with van der Waals surface area (Å²) in [5, 5.41) is 2.14. The summed E-state index contributed by atoms with van der Waals surface area (Å²) >= 11 is 0. The van der Waals surface area contributed by atoms with Gasteiger partial charge in [0.25, 0.3) is 5.91 Å². The molecular weight excluding hydrogens is 310 g/mol. The zero-order chi connectivity index (χ0) is 17.6. The van der Waals surface area contributed by atoms with Crippen LogP contribution in [-0.2, 0) is 11.3 Å². The summed E-state index contributed by atoms with van der Waals surface area (Å²) in [7, 11) is 1.82. The Labute approximate surface area is 148 Å². The Kier molecular flexibility index (Phi) is 5.34. The van der Waals surface area contributed by atoms with Crippen LogP contribution < -0.4 is 4.74 Å². The van der Waals surface area contributed by atoms with E-state index >= 15 is 0 Å². The third-order valence-corrected chi connectivity index (χ3v) is 4.30. The largest absolute Gasteiger partial charge is 0.480 e. The Bertz CT molecular complexity index is 840. The van der Waals surface area contributed by atoms with E-state index < -0.39 is 6.10 Å². The molecule has 3 nitrogen and oxygen atoms in total. The summed E-state index contributed by atoms with van der Waals surface area (Å²) in [6, 6.07) is 24.0. The van der Waals surface area contributed by atoms with Crippen LogP contribution in [0.25, 0.3) is 10.8 Å². The number of hydrogen-bond donors (Lipinski definition) is 0. The van der Waals surface area contributed by atoms with Crippen LogP contribution in [0.2, 0.25) is 0 Å². The van der Waals surface area contributed by atoms with E-state index in [2.05, 4.69) is 0 Å². The molecule has 0 radical (unpaired) electrons. The highest BCUT2D eigenvalue weighted by Gasteiger charge is 2.23. The van der Waals surface area contributed by atoms with Crippen LogP contribution in [0.3, 0.4) is 0 Å². The minimum absolute atomic E-state index is 0.000660. The monoisotopic (exact) mass is 333 g/mol. The number of hydrogen-bond acceptors (Lipinski definition) is 2. The molecule has 3 aromatic rings. The van der Waals surface area contributed by atoms with Crippen LogP contribution in [0.15, 0.2) is 72.8 Å². The van der Waals surface area contributed by atoms with Gasteiger partial charge in [0.1, 0.15) is 5.75 Å². The Morgan fingerprint density at radius 2 is 1.64 bits per heavy atom. The molecule has 0 fully saturated rings. The summed E-state index contributed by atoms with van der Waals surface area (Å²) in [6.45, 7) is 2.55. The molecule has 1 amide bonds. The summed E-state index contributed by atoms with van der Waals surface area (Å²) in [5.41, 5.74) is 1.11. The second-order valence-electron chi connectivity index (χ2n) is 6.17. The number of nitrogens with zero attached hydrogens (tertiary/aromatic N) is 1. The minimum Gasteiger partial charge on any atom is -0.480 e. The lowest BCUT2D eigenvalue weighted by atomic mass is 10.1. The van der Waals surface area contributed by atoms with Gasteiger partial charge in [-0.05, 0) is 23.4 Å². The number of carbonyl (C=O) groups excluding carboxylic acids is 1. The highest BCUT2D eigenvalue weighted by molar-refractivity contribution is 5.89. The first kappa shape index (κ1) is 17.0. The maximum absolute atomic E-state index is 12.8. The van der Waals surface area contributed by atoms with E-state index in [1.807, 2.05) is 86.8 Å². The van der Waals surface area contributed by atoms with Crippen molar-refractivity contribution in [2.45, 2.75) is 26.0 Å². The number of likely N-dealkylation sites (N-methyl/N-ethyl adjacent to an activating group) is 1. The van der Waals surface area contributed by atoms with E-state index in [0.29, 0.717) is 13.0 Å². The number of amides is 1. The average molecular weight is 333 g/mol. The number of fused-ring (bicyclic) bond motifs is 1. The second kappa shape index (κ2) is 7.84. The molecule has 0 spiro atoms. The lowest BCUT2D eigenvalue weighted by Crippen LogP contribution is -2.39. The second-order valence-corrected chi connectivity index (χ2v) is 6.17. The molecule has 3 aromatic carbocycles. The van der Waals surface area contributed by atoms with Crippen molar-refractivity contribution in [3.05, 3.63) is 78.4 Å². The van der Waals surface area contributed by atoms with Gasteiger partial charge in [-0.2, -0.15) is 0 Å². The molecule has 3 rings (SSSR count). The first-order valence-electron chi connectivity index (χ1n) is 8.62. The van der Waals surface area contributed by atoms with Gasteiger partial charge in [-0.1, -0.05) is 73.7 Å². The van der Waals surface area contributed by atoms with E-state index in [-0.39, 0.29) is 5.91 Å². The maximum Gasteiger partial charge on any atom is 0.263 e. The standard InChI is InChI=1S/C22H23NO2/c1-3-20(22(24)23(2)16-17-10-5-4-6-11-17)25-21-15-9-13-18-12-7-8-14-19(18)21/h4-15,20H,3,16H2,1-2H3. The zero-order valence-corrected chi connectivity index (χ0v) is 14.7. The lowest BCUT2D eigenvalue weighted by Gasteiger charge is -2.24. The number of benzene rings is 3. The van der Waals surface area contributed by atoms with Gasteiger partial charge < -0.3 is 9.64 Å². The van der Waals surface area contributed by atoms with Crippen molar-refractivity contribution in [2.24, 2.45) is 0 Å². The number of carbonyl (C=O) groups is 1. The quantitative estimate of drug-likeness (QED) is 0.657. The van der Waals surface area contributed by atoms with E-state index in [4.69, 9.17) is 4.74 Å². The molecule has 0 aliphatic rings. The lowest BCUT2D eigenvalue weighted by molar-refractivity contribution is -0.138. The smallest absolute Gasteiger partial charge is 0.263 e. The molecule has 128 valence electrons. The Morgan fingerprint density at radius 1 is 0.960 bits per heavy atom. The molecule has 0 aliphatic heterocycles. The molecule has 0 aromatic heterocycles. The van der Waals surface area contributed by atoms with Crippen molar-refractivity contribution in [3.63, 3.8) is 0 Å². The molecule has 0 aliphatic carbocycles. The third kappa shape index (κ3) is 4.00. The molecule has 1 unspecified atom stereocenters. The average Bonchev–Trinajstić information content (AvgIpc) is 2.66. The zero-order valence-electron chi connectivity index (χ0n) is 14.7. The molecule has 0 heterocycles. The summed E-state index contributed by atoms with van der Waals surface area (Å²) in [6.07, 6.45) is 0.140. The summed E-state index contributed by atoms with van der Waals surface area (Å²) in [4.78, 5) is 14.6. The van der Waals surface area contributed by atoms with Gasteiger partial charge in [-0.25, -0.2) is 0 Å². The molecule has 1 atom stereocenters. The first-order chi connectivity index (χ1) is 12.2. The molecule has 0 N–H and O–H groups in total. The van der Waals surface area contributed by atoms with Crippen LogP contribution in [0, 0.1) is 0 Å². The predicted octanol–water partition coefficient (Wildman–Crippen LogP) is 4.66. The molecule has 3 heteroatoms. The molecule has 0 saturated heterocycles. The topological polar surface area (TPSA) is 29.5 Å². The van der Waals surface area contributed by atoms with Crippen LogP contribution in [-0.4, -0.2) is 24.0 Å². The molecular formula is C22H23NO2. The van der Waals surface area contributed by atoms with Gasteiger partial charge in [0.15, 0.2) is 6.10 Å². The fourth-order valence-electron chi connectivity index (χ4n) is 2.94. The summed E-state index contributed by atoms with van der Waals surface area (Å²) in [5.74, 6) is 0.755. The van der Waals surface area contributed by atoms with E-state index in [1.165, 1.54) is 0 Å². The normalized spacial score (nSPS) is 11.9. The van der Waals surface area contributed by atoms with Crippen LogP contribution >= 0.6 is 0 Å². The Hall–Kier alpha value is -2.81. The van der Waals surface area contributed by atoms with Gasteiger partial charge >= 0.3 is 0 Å². The first-order valence-corrected chi connectivity index (χ1v) is 8.62.